The van der Waals surface area contributed by atoms with Crippen LogP contribution in [0.25, 0.3) is 6.08 Å². The Balaban J connectivity index is 1.80. The molecule has 124 valence electrons. The number of hydrogen-bond donors (Lipinski definition) is 0. The highest BCUT2D eigenvalue weighted by Crippen LogP contribution is 2.28. The van der Waals surface area contributed by atoms with Crippen molar-refractivity contribution in [1.82, 2.24) is 0 Å². The highest BCUT2D eigenvalue weighted by atomic mass is 16.6. The van der Waals surface area contributed by atoms with Gasteiger partial charge in [-0.05, 0) is 36.4 Å². The van der Waals surface area contributed by atoms with Gasteiger partial charge in [0.15, 0.2) is 11.6 Å². The highest BCUT2D eigenvalue weighted by molar-refractivity contribution is 6.07. The SMILES string of the molecule is COc1ccc(OC)c(/C=C2\N=C(CCc3ccco3)OC2=O)c1. The zero-order valence-electron chi connectivity index (χ0n) is 13.4. The van der Waals surface area contributed by atoms with Crippen LogP contribution < -0.4 is 9.47 Å². The lowest BCUT2D eigenvalue weighted by Gasteiger charge is -2.07. The molecule has 1 aliphatic heterocycles. The van der Waals surface area contributed by atoms with Crippen LogP contribution in [0.2, 0.25) is 0 Å². The zero-order chi connectivity index (χ0) is 16.9. The number of methoxy groups -OCH3 is 2. The third-order valence-electron chi connectivity index (χ3n) is 3.56. The standard InChI is InChI=1S/C18H17NO5/c1-21-14-5-7-16(22-2)12(10-14)11-15-18(20)24-17(19-15)8-6-13-4-3-9-23-13/h3-5,7,9-11H,6,8H2,1-2H3/b15-11-. The van der Waals surface area contributed by atoms with Crippen LogP contribution in [0.1, 0.15) is 17.7 Å². The largest absolute Gasteiger partial charge is 0.497 e. The zero-order valence-corrected chi connectivity index (χ0v) is 13.4. The summed E-state index contributed by atoms with van der Waals surface area (Å²) in [6.45, 7) is 0. The molecular formula is C18H17NO5. The molecule has 2 heterocycles. The highest BCUT2D eigenvalue weighted by Gasteiger charge is 2.23. The summed E-state index contributed by atoms with van der Waals surface area (Å²) in [7, 11) is 3.14. The van der Waals surface area contributed by atoms with Crippen LogP contribution in [0, 0.1) is 0 Å². The van der Waals surface area contributed by atoms with Crippen LogP contribution in [0.5, 0.6) is 11.5 Å². The van der Waals surface area contributed by atoms with Crippen molar-refractivity contribution < 1.29 is 23.4 Å². The number of benzene rings is 1. The number of aliphatic imine (C=N–C) groups is 1. The van der Waals surface area contributed by atoms with Gasteiger partial charge in [-0.3, -0.25) is 0 Å². The smallest absolute Gasteiger partial charge is 0.363 e. The van der Waals surface area contributed by atoms with E-state index in [0.29, 0.717) is 35.8 Å². The molecule has 0 fully saturated rings. The number of ether oxygens (including phenoxy) is 3. The normalized spacial score (nSPS) is 15.3. The molecule has 6 nitrogen and oxygen atoms in total. The number of rotatable bonds is 6. The van der Waals surface area contributed by atoms with E-state index in [1.165, 1.54) is 0 Å². The van der Waals surface area contributed by atoms with Gasteiger partial charge in [-0.25, -0.2) is 9.79 Å². The molecule has 24 heavy (non-hydrogen) atoms. The molecule has 3 rings (SSSR count). The number of nitrogens with zero attached hydrogens (tertiary/aromatic N) is 1. The minimum atomic E-state index is -0.477. The lowest BCUT2D eigenvalue weighted by Crippen LogP contribution is -2.04. The molecule has 2 aromatic rings. The molecule has 0 N–H and O–H groups in total. The fourth-order valence-electron chi connectivity index (χ4n) is 2.34. The first kappa shape index (κ1) is 15.9. The van der Waals surface area contributed by atoms with Crippen molar-refractivity contribution in [3.05, 3.63) is 53.6 Å². The Morgan fingerprint density at radius 2 is 2.04 bits per heavy atom. The second kappa shape index (κ2) is 7.04. The number of carbonyl (C=O) groups is 1. The molecule has 0 spiro atoms. The number of aryl methyl sites for hydroxylation is 1. The van der Waals surface area contributed by atoms with Gasteiger partial charge in [0.05, 0.1) is 20.5 Å². The topological polar surface area (TPSA) is 70.3 Å². The Kier molecular flexibility index (Phi) is 4.65. The molecule has 1 aliphatic rings. The van der Waals surface area contributed by atoms with E-state index in [9.17, 15) is 4.79 Å². The van der Waals surface area contributed by atoms with Crippen molar-refractivity contribution in [3.63, 3.8) is 0 Å². The summed E-state index contributed by atoms with van der Waals surface area (Å²) in [6, 6.07) is 9.02. The van der Waals surface area contributed by atoms with E-state index in [1.54, 1.807) is 44.8 Å². The summed E-state index contributed by atoms with van der Waals surface area (Å²) >= 11 is 0. The van der Waals surface area contributed by atoms with E-state index in [0.717, 1.165) is 5.76 Å². The molecule has 0 radical (unpaired) electrons. The number of esters is 1. The summed E-state index contributed by atoms with van der Waals surface area (Å²) in [6.07, 6.45) is 4.35. The van der Waals surface area contributed by atoms with Crippen molar-refractivity contribution >= 4 is 17.9 Å². The lowest BCUT2D eigenvalue weighted by molar-refractivity contribution is -0.130. The van der Waals surface area contributed by atoms with E-state index >= 15 is 0 Å². The molecule has 0 atom stereocenters. The van der Waals surface area contributed by atoms with E-state index in [-0.39, 0.29) is 5.70 Å². The summed E-state index contributed by atoms with van der Waals surface area (Å²) in [5, 5.41) is 0. The van der Waals surface area contributed by atoms with E-state index < -0.39 is 5.97 Å². The Morgan fingerprint density at radius 3 is 2.75 bits per heavy atom. The first-order valence-corrected chi connectivity index (χ1v) is 7.45. The molecule has 0 unspecified atom stereocenters. The van der Waals surface area contributed by atoms with Gasteiger partial charge in [0.25, 0.3) is 0 Å². The van der Waals surface area contributed by atoms with Gasteiger partial charge < -0.3 is 18.6 Å². The Morgan fingerprint density at radius 1 is 1.17 bits per heavy atom. The number of furan rings is 1. The van der Waals surface area contributed by atoms with Gasteiger partial charge >= 0.3 is 5.97 Å². The maximum absolute atomic E-state index is 12.0. The predicted molar refractivity (Wildman–Crippen MR) is 88.1 cm³/mol. The monoisotopic (exact) mass is 327 g/mol. The van der Waals surface area contributed by atoms with Crippen LogP contribution >= 0.6 is 0 Å². The third kappa shape index (κ3) is 3.48. The summed E-state index contributed by atoms with van der Waals surface area (Å²) in [5.74, 6) is 2.01. The van der Waals surface area contributed by atoms with Gasteiger partial charge in [0.1, 0.15) is 17.3 Å². The van der Waals surface area contributed by atoms with Gasteiger partial charge in [0.2, 0.25) is 0 Å². The van der Waals surface area contributed by atoms with Crippen molar-refractivity contribution in [2.45, 2.75) is 12.8 Å². The Labute approximate surface area is 139 Å². The maximum Gasteiger partial charge on any atom is 0.363 e. The van der Waals surface area contributed by atoms with Crippen LogP contribution in [0.3, 0.4) is 0 Å². The number of hydrogen-bond acceptors (Lipinski definition) is 6. The number of carbonyl (C=O) groups excluding carboxylic acids is 1. The van der Waals surface area contributed by atoms with Crippen LogP contribution in [0.15, 0.2) is 51.7 Å². The quantitative estimate of drug-likeness (QED) is 0.602. The summed E-state index contributed by atoms with van der Waals surface area (Å²) in [4.78, 5) is 16.3. The second-order valence-corrected chi connectivity index (χ2v) is 5.11. The van der Waals surface area contributed by atoms with Crippen molar-refractivity contribution in [2.24, 2.45) is 4.99 Å². The summed E-state index contributed by atoms with van der Waals surface area (Å²) < 4.78 is 21.0. The second-order valence-electron chi connectivity index (χ2n) is 5.11. The molecule has 0 saturated carbocycles. The molecule has 1 aromatic carbocycles. The predicted octanol–water partition coefficient (Wildman–Crippen LogP) is 3.23. The van der Waals surface area contributed by atoms with Crippen molar-refractivity contribution in [2.75, 3.05) is 14.2 Å². The molecule has 1 aromatic heterocycles. The molecule has 0 aliphatic carbocycles. The minimum absolute atomic E-state index is 0.232. The molecule has 0 saturated heterocycles. The van der Waals surface area contributed by atoms with Crippen LogP contribution in [-0.4, -0.2) is 26.1 Å². The Hall–Kier alpha value is -3.02. The van der Waals surface area contributed by atoms with Gasteiger partial charge in [-0.15, -0.1) is 0 Å². The first-order chi connectivity index (χ1) is 11.7. The van der Waals surface area contributed by atoms with Gasteiger partial charge in [0, 0.05) is 18.4 Å². The Bertz CT molecular complexity index is 790. The summed E-state index contributed by atoms with van der Waals surface area (Å²) in [5.41, 5.74) is 0.927. The molecule has 0 amide bonds. The molecule has 0 bridgehead atoms. The molecule has 6 heteroatoms. The fourth-order valence-corrected chi connectivity index (χ4v) is 2.34. The number of cyclic esters (lactones) is 1. The van der Waals surface area contributed by atoms with E-state index in [2.05, 4.69) is 4.99 Å². The van der Waals surface area contributed by atoms with Gasteiger partial charge in [-0.2, -0.15) is 0 Å². The average molecular weight is 327 g/mol. The average Bonchev–Trinajstić information content (AvgIpc) is 3.23. The van der Waals surface area contributed by atoms with E-state index in [1.807, 2.05) is 12.1 Å². The fraction of sp³-hybridized carbons (Fsp3) is 0.222. The van der Waals surface area contributed by atoms with Crippen molar-refractivity contribution in [1.29, 1.82) is 0 Å². The minimum Gasteiger partial charge on any atom is -0.497 e. The first-order valence-electron chi connectivity index (χ1n) is 7.45. The van der Waals surface area contributed by atoms with Gasteiger partial charge in [-0.1, -0.05) is 0 Å². The van der Waals surface area contributed by atoms with E-state index in [4.69, 9.17) is 18.6 Å². The molecular weight excluding hydrogens is 310 g/mol. The lowest BCUT2D eigenvalue weighted by atomic mass is 10.1. The van der Waals surface area contributed by atoms with Crippen molar-refractivity contribution in [3.8, 4) is 11.5 Å². The third-order valence-corrected chi connectivity index (χ3v) is 3.56. The maximum atomic E-state index is 12.0. The van der Waals surface area contributed by atoms with Crippen LogP contribution in [0.4, 0.5) is 0 Å². The van der Waals surface area contributed by atoms with Crippen LogP contribution in [-0.2, 0) is 16.0 Å².